The number of nitrogens with zero attached hydrogens (tertiary/aromatic N) is 2. The number of nitro benzene ring substituents is 1. The van der Waals surface area contributed by atoms with Crippen molar-refractivity contribution in [1.82, 2.24) is 4.90 Å². The molecule has 0 spiro atoms. The van der Waals surface area contributed by atoms with E-state index in [1.807, 2.05) is 26.7 Å². The Kier molecular flexibility index (Phi) is 16.4. The third kappa shape index (κ3) is 14.6. The molecular formula is C17H28N2O4. The average molecular weight is 324 g/mol. The Morgan fingerprint density at radius 3 is 2.04 bits per heavy atom. The van der Waals surface area contributed by atoms with Crippen LogP contribution < -0.4 is 0 Å². The molecule has 2 rings (SSSR count). The number of hydrogen-bond donors (Lipinski definition) is 0. The lowest BCUT2D eigenvalue weighted by atomic mass is 10.1. The van der Waals surface area contributed by atoms with Crippen LogP contribution in [0, 0.1) is 17.0 Å². The number of rotatable bonds is 2. The fraction of sp³-hybridized carbons (Fsp3) is 0.529. The van der Waals surface area contributed by atoms with Crippen LogP contribution >= 0.6 is 0 Å². The number of carbonyl (C=O) groups excluding carboxylic acids is 2. The number of likely N-dealkylation sites (tertiary alicyclic amines) is 1. The molecule has 0 aromatic heterocycles. The normalized spacial score (nSPS) is 13.0. The van der Waals surface area contributed by atoms with Gasteiger partial charge in [0, 0.05) is 18.6 Å². The van der Waals surface area contributed by atoms with Crippen molar-refractivity contribution in [3.8, 4) is 0 Å². The molecular weight excluding hydrogens is 296 g/mol. The van der Waals surface area contributed by atoms with Gasteiger partial charge >= 0.3 is 0 Å². The molecule has 0 radical (unpaired) electrons. The van der Waals surface area contributed by atoms with E-state index in [4.69, 9.17) is 4.79 Å². The fourth-order valence-electron chi connectivity index (χ4n) is 1.79. The van der Waals surface area contributed by atoms with Gasteiger partial charge in [0.2, 0.25) is 0 Å². The summed E-state index contributed by atoms with van der Waals surface area (Å²) in [4.78, 5) is 29.3. The van der Waals surface area contributed by atoms with E-state index in [9.17, 15) is 14.9 Å². The Bertz CT molecular complexity index is 432. The first-order valence-corrected chi connectivity index (χ1v) is 7.63. The van der Waals surface area contributed by atoms with E-state index in [0.29, 0.717) is 6.42 Å². The van der Waals surface area contributed by atoms with Crippen molar-refractivity contribution < 1.29 is 14.5 Å². The van der Waals surface area contributed by atoms with E-state index in [2.05, 4.69) is 11.9 Å². The molecule has 0 bridgehead atoms. The summed E-state index contributed by atoms with van der Waals surface area (Å²) in [5, 5.41) is 10.2. The maximum atomic E-state index is 10.2. The first-order valence-electron chi connectivity index (χ1n) is 7.63. The molecule has 6 heteroatoms. The SMILES string of the molecule is C=O.CCC=O.CN1CCCCC1.Cc1cccc([N+](=O)[O-])c1. The molecule has 1 aliphatic rings. The summed E-state index contributed by atoms with van der Waals surface area (Å²) in [5.41, 5.74) is 1.06. The molecule has 1 aromatic carbocycles. The highest BCUT2D eigenvalue weighted by atomic mass is 16.6. The van der Waals surface area contributed by atoms with E-state index in [-0.39, 0.29) is 5.69 Å². The van der Waals surface area contributed by atoms with Crippen LogP contribution in [0.4, 0.5) is 5.69 Å². The van der Waals surface area contributed by atoms with Crippen molar-refractivity contribution in [3.63, 3.8) is 0 Å². The number of piperidine rings is 1. The van der Waals surface area contributed by atoms with E-state index < -0.39 is 4.92 Å². The molecule has 0 amide bonds. The minimum absolute atomic E-state index is 0.153. The quantitative estimate of drug-likeness (QED) is 0.473. The van der Waals surface area contributed by atoms with Crippen molar-refractivity contribution in [3.05, 3.63) is 39.9 Å². The molecule has 1 saturated heterocycles. The summed E-state index contributed by atoms with van der Waals surface area (Å²) in [6, 6.07) is 6.52. The minimum atomic E-state index is -0.396. The zero-order valence-corrected chi connectivity index (χ0v) is 14.4. The molecule has 1 aromatic rings. The number of hydrogen-bond acceptors (Lipinski definition) is 5. The van der Waals surface area contributed by atoms with Crippen molar-refractivity contribution >= 4 is 18.8 Å². The van der Waals surface area contributed by atoms with Gasteiger partial charge in [0.05, 0.1) is 4.92 Å². The standard InChI is InChI=1S/C7H7NO2.C6H13N.C3H6O.CH2O/c1-6-3-2-4-7(5-6)8(9)10;1-7-5-3-2-4-6-7;1-2-3-4;1-2/h2-5H,1H3;2-6H2,1H3;3H,2H2,1H3;1H2. The Hall–Kier alpha value is -2.08. The first kappa shape index (κ1) is 23.2. The van der Waals surface area contributed by atoms with Gasteiger partial charge in [-0.3, -0.25) is 10.1 Å². The van der Waals surface area contributed by atoms with Gasteiger partial charge in [-0.25, -0.2) is 0 Å². The summed E-state index contributed by atoms with van der Waals surface area (Å²) in [5.74, 6) is 0. The lowest BCUT2D eigenvalue weighted by Gasteiger charge is -2.20. The monoisotopic (exact) mass is 324 g/mol. The van der Waals surface area contributed by atoms with Gasteiger partial charge in [-0.05, 0) is 45.5 Å². The Labute approximate surface area is 138 Å². The van der Waals surface area contributed by atoms with Gasteiger partial charge in [0.15, 0.2) is 0 Å². The maximum Gasteiger partial charge on any atom is 0.269 e. The second-order valence-corrected chi connectivity index (χ2v) is 5.03. The minimum Gasteiger partial charge on any atom is -0.307 e. The highest BCUT2D eigenvalue weighted by Gasteiger charge is 2.02. The largest absolute Gasteiger partial charge is 0.307 e. The molecule has 0 aliphatic carbocycles. The van der Waals surface area contributed by atoms with E-state index in [1.54, 1.807) is 12.1 Å². The molecule has 0 saturated carbocycles. The van der Waals surface area contributed by atoms with Crippen LogP contribution in [0.5, 0.6) is 0 Å². The molecule has 1 aliphatic heterocycles. The van der Waals surface area contributed by atoms with Crippen LogP contribution in [0.2, 0.25) is 0 Å². The summed E-state index contributed by atoms with van der Waals surface area (Å²) in [6.07, 6.45) is 5.79. The number of non-ortho nitro benzene ring substituents is 1. The van der Waals surface area contributed by atoms with Crippen molar-refractivity contribution in [2.75, 3.05) is 20.1 Å². The second kappa shape index (κ2) is 16.3. The smallest absolute Gasteiger partial charge is 0.269 e. The number of nitro groups is 1. The van der Waals surface area contributed by atoms with Crippen LogP contribution in [0.15, 0.2) is 24.3 Å². The van der Waals surface area contributed by atoms with Gasteiger partial charge in [-0.1, -0.05) is 25.5 Å². The van der Waals surface area contributed by atoms with Crippen molar-refractivity contribution in [1.29, 1.82) is 0 Å². The predicted molar refractivity (Wildman–Crippen MR) is 92.7 cm³/mol. The number of carbonyl (C=O) groups is 2. The molecule has 0 unspecified atom stereocenters. The summed E-state index contributed by atoms with van der Waals surface area (Å²) in [7, 11) is 2.19. The Balaban J connectivity index is 0. The summed E-state index contributed by atoms with van der Waals surface area (Å²) >= 11 is 0. The highest BCUT2D eigenvalue weighted by molar-refractivity contribution is 5.48. The van der Waals surface area contributed by atoms with Crippen LogP contribution in [-0.2, 0) is 9.59 Å². The second-order valence-electron chi connectivity index (χ2n) is 5.03. The van der Waals surface area contributed by atoms with Crippen LogP contribution in [0.1, 0.15) is 38.2 Å². The van der Waals surface area contributed by atoms with E-state index in [1.165, 1.54) is 38.4 Å². The molecule has 6 nitrogen and oxygen atoms in total. The first-order chi connectivity index (χ1) is 11.0. The Morgan fingerprint density at radius 1 is 1.26 bits per heavy atom. The van der Waals surface area contributed by atoms with Gasteiger partial charge < -0.3 is 14.5 Å². The topological polar surface area (TPSA) is 80.5 Å². The molecule has 0 N–H and O–H groups in total. The summed E-state index contributed by atoms with van der Waals surface area (Å²) < 4.78 is 0. The zero-order valence-electron chi connectivity index (χ0n) is 14.4. The lowest BCUT2D eigenvalue weighted by molar-refractivity contribution is -0.384. The van der Waals surface area contributed by atoms with Gasteiger partial charge in [-0.2, -0.15) is 0 Å². The average Bonchev–Trinajstić information content (AvgIpc) is 2.58. The van der Waals surface area contributed by atoms with Gasteiger partial charge in [-0.15, -0.1) is 0 Å². The van der Waals surface area contributed by atoms with Crippen LogP contribution in [-0.4, -0.2) is 43.0 Å². The van der Waals surface area contributed by atoms with E-state index >= 15 is 0 Å². The van der Waals surface area contributed by atoms with Crippen LogP contribution in [0.3, 0.4) is 0 Å². The fourth-order valence-corrected chi connectivity index (χ4v) is 1.79. The molecule has 23 heavy (non-hydrogen) atoms. The maximum absolute atomic E-state index is 10.2. The molecule has 1 heterocycles. The van der Waals surface area contributed by atoms with Crippen molar-refractivity contribution in [2.24, 2.45) is 0 Å². The lowest BCUT2D eigenvalue weighted by Crippen LogP contribution is -2.24. The van der Waals surface area contributed by atoms with Gasteiger partial charge in [0.25, 0.3) is 5.69 Å². The number of aldehydes is 1. The van der Waals surface area contributed by atoms with Gasteiger partial charge in [0.1, 0.15) is 13.1 Å². The van der Waals surface area contributed by atoms with E-state index in [0.717, 1.165) is 11.8 Å². The third-order valence-electron chi connectivity index (χ3n) is 2.96. The Morgan fingerprint density at radius 2 is 1.78 bits per heavy atom. The molecule has 0 atom stereocenters. The highest BCUT2D eigenvalue weighted by Crippen LogP contribution is 2.11. The van der Waals surface area contributed by atoms with Crippen molar-refractivity contribution in [2.45, 2.75) is 39.5 Å². The number of benzene rings is 1. The zero-order chi connectivity index (χ0) is 18.1. The predicted octanol–water partition coefficient (Wildman–Crippen LogP) is 3.42. The number of aryl methyl sites for hydroxylation is 1. The van der Waals surface area contributed by atoms with Crippen LogP contribution in [0.25, 0.3) is 0 Å². The summed E-state index contributed by atoms with van der Waals surface area (Å²) in [6.45, 7) is 8.28. The third-order valence-corrected chi connectivity index (χ3v) is 2.96. The molecule has 130 valence electrons. The molecule has 1 fully saturated rings.